The molecule has 0 aromatic heterocycles. The van der Waals surface area contributed by atoms with Crippen molar-refractivity contribution in [3.05, 3.63) is 95.6 Å². The minimum absolute atomic E-state index is 0.175. The Morgan fingerprint density at radius 3 is 1.86 bits per heavy atom. The van der Waals surface area contributed by atoms with Gasteiger partial charge in [-0.3, -0.25) is 0 Å². The molecule has 0 heterocycles. The molecule has 4 heteroatoms. The molecule has 0 N–H and O–H groups in total. The Bertz CT molecular complexity index is 1170. The molecule has 0 amide bonds. The van der Waals surface area contributed by atoms with Crippen LogP contribution in [0.1, 0.15) is 18.9 Å². The van der Waals surface area contributed by atoms with Crippen LogP contribution < -0.4 is 0 Å². The topological polar surface area (TPSA) is 0 Å². The van der Waals surface area contributed by atoms with Crippen molar-refractivity contribution in [1.82, 2.24) is 0 Å². The zero-order chi connectivity index (χ0) is 20.5. The van der Waals surface area contributed by atoms with Crippen molar-refractivity contribution in [3.63, 3.8) is 0 Å². The molecule has 0 nitrogen and oxygen atoms in total. The predicted octanol–water partition coefficient (Wildman–Crippen LogP) is 7.68. The van der Waals surface area contributed by atoms with Crippen molar-refractivity contribution in [1.29, 1.82) is 0 Å². The second kappa shape index (κ2) is 7.70. The lowest BCUT2D eigenvalue weighted by Gasteiger charge is -2.10. The summed E-state index contributed by atoms with van der Waals surface area (Å²) in [7, 11) is 0. The second-order valence-corrected chi connectivity index (χ2v) is 7.12. The molecule has 0 aliphatic rings. The molecule has 0 radical (unpaired) electrons. The number of halogens is 4. The maximum atomic E-state index is 14.7. The van der Waals surface area contributed by atoms with Crippen LogP contribution in [0.5, 0.6) is 0 Å². The van der Waals surface area contributed by atoms with Gasteiger partial charge in [-0.1, -0.05) is 43.7 Å². The van der Waals surface area contributed by atoms with E-state index in [1.165, 1.54) is 17.7 Å². The molecular formula is C25H18F4. The van der Waals surface area contributed by atoms with Gasteiger partial charge in [0.25, 0.3) is 0 Å². The highest BCUT2D eigenvalue weighted by atomic mass is 19.1. The zero-order valence-electron chi connectivity index (χ0n) is 15.8. The summed E-state index contributed by atoms with van der Waals surface area (Å²) in [5.41, 5.74) is 1.65. The lowest BCUT2D eigenvalue weighted by molar-refractivity contribution is 0.578. The smallest absolute Gasteiger partial charge is 0.134 e. The van der Waals surface area contributed by atoms with Crippen LogP contribution in [0.15, 0.2) is 66.7 Å². The Hall–Kier alpha value is -3.14. The van der Waals surface area contributed by atoms with E-state index >= 15 is 0 Å². The Morgan fingerprint density at radius 1 is 0.586 bits per heavy atom. The van der Waals surface area contributed by atoms with Crippen LogP contribution in [-0.2, 0) is 6.42 Å². The molecule has 0 saturated carbocycles. The summed E-state index contributed by atoms with van der Waals surface area (Å²) in [4.78, 5) is 0. The van der Waals surface area contributed by atoms with E-state index in [1.807, 2.05) is 24.3 Å². The quantitative estimate of drug-likeness (QED) is 0.311. The summed E-state index contributed by atoms with van der Waals surface area (Å²) < 4.78 is 56.3. The van der Waals surface area contributed by atoms with E-state index in [0.29, 0.717) is 17.2 Å². The van der Waals surface area contributed by atoms with Crippen LogP contribution in [-0.4, -0.2) is 0 Å². The summed E-state index contributed by atoms with van der Waals surface area (Å²) >= 11 is 0. The number of hydrogen-bond donors (Lipinski definition) is 0. The SMILES string of the molecule is CCCc1ccc2cc(-c3cc(F)c(-c4cc(F)cc(F)c4)c(F)c3)ccc2c1. The summed E-state index contributed by atoms with van der Waals surface area (Å²) in [6.45, 7) is 2.12. The molecule has 4 aromatic carbocycles. The van der Waals surface area contributed by atoms with Crippen LogP contribution in [0, 0.1) is 23.3 Å². The molecule has 0 unspecified atom stereocenters. The standard InChI is InChI=1S/C25H18F4/c1-2-3-15-4-5-17-9-18(7-6-16(17)8-15)19-12-23(28)25(24(29)13-19)20-10-21(26)14-22(27)11-20/h4-14H,2-3H2,1H3. The van der Waals surface area contributed by atoms with Crippen molar-refractivity contribution in [2.24, 2.45) is 0 Å². The van der Waals surface area contributed by atoms with Crippen molar-refractivity contribution < 1.29 is 17.6 Å². The average Bonchev–Trinajstić information content (AvgIpc) is 2.66. The first-order valence-electron chi connectivity index (χ1n) is 9.43. The first-order valence-corrected chi connectivity index (χ1v) is 9.43. The third-order valence-corrected chi connectivity index (χ3v) is 4.97. The van der Waals surface area contributed by atoms with Gasteiger partial charge in [0.05, 0.1) is 5.56 Å². The van der Waals surface area contributed by atoms with Crippen LogP contribution >= 0.6 is 0 Å². The number of benzene rings is 4. The molecular weight excluding hydrogens is 376 g/mol. The third-order valence-electron chi connectivity index (χ3n) is 4.97. The minimum atomic E-state index is -0.889. The minimum Gasteiger partial charge on any atom is -0.207 e. The molecule has 0 bridgehead atoms. The van der Waals surface area contributed by atoms with Gasteiger partial charge >= 0.3 is 0 Å². The fourth-order valence-corrected chi connectivity index (χ4v) is 3.63. The molecule has 146 valence electrons. The first kappa shape index (κ1) is 19.2. The Morgan fingerprint density at radius 2 is 1.21 bits per heavy atom. The Labute approximate surface area is 166 Å². The van der Waals surface area contributed by atoms with Crippen LogP contribution in [0.25, 0.3) is 33.0 Å². The summed E-state index contributed by atoms with van der Waals surface area (Å²) in [5.74, 6) is -3.52. The fourth-order valence-electron chi connectivity index (χ4n) is 3.63. The summed E-state index contributed by atoms with van der Waals surface area (Å²) in [6.07, 6.45) is 2.06. The van der Waals surface area contributed by atoms with E-state index in [2.05, 4.69) is 19.1 Å². The average molecular weight is 394 g/mol. The number of rotatable bonds is 4. The van der Waals surface area contributed by atoms with E-state index in [1.54, 1.807) is 0 Å². The van der Waals surface area contributed by atoms with Crippen molar-refractivity contribution in [3.8, 4) is 22.3 Å². The second-order valence-electron chi connectivity index (χ2n) is 7.12. The van der Waals surface area contributed by atoms with Crippen LogP contribution in [0.3, 0.4) is 0 Å². The molecule has 0 aliphatic carbocycles. The maximum absolute atomic E-state index is 14.7. The van der Waals surface area contributed by atoms with Gasteiger partial charge in [-0.15, -0.1) is 0 Å². The van der Waals surface area contributed by atoms with Gasteiger partial charge in [0.1, 0.15) is 23.3 Å². The highest BCUT2D eigenvalue weighted by Gasteiger charge is 2.16. The zero-order valence-corrected chi connectivity index (χ0v) is 15.8. The van der Waals surface area contributed by atoms with Gasteiger partial charge in [-0.05, 0) is 69.8 Å². The lowest BCUT2D eigenvalue weighted by atomic mass is 9.96. The van der Waals surface area contributed by atoms with Crippen LogP contribution in [0.4, 0.5) is 17.6 Å². The van der Waals surface area contributed by atoms with Crippen molar-refractivity contribution >= 4 is 10.8 Å². The van der Waals surface area contributed by atoms with Crippen molar-refractivity contribution in [2.45, 2.75) is 19.8 Å². The van der Waals surface area contributed by atoms with E-state index in [9.17, 15) is 17.6 Å². The highest BCUT2D eigenvalue weighted by molar-refractivity contribution is 5.88. The predicted molar refractivity (Wildman–Crippen MR) is 109 cm³/mol. The molecule has 4 rings (SSSR count). The van der Waals surface area contributed by atoms with E-state index in [-0.39, 0.29) is 5.56 Å². The molecule has 29 heavy (non-hydrogen) atoms. The van der Waals surface area contributed by atoms with Crippen molar-refractivity contribution in [2.75, 3.05) is 0 Å². The number of fused-ring (bicyclic) bond motifs is 1. The van der Waals surface area contributed by atoms with Gasteiger partial charge in [0.2, 0.25) is 0 Å². The van der Waals surface area contributed by atoms with Crippen LogP contribution in [0.2, 0.25) is 0 Å². The summed E-state index contributed by atoms with van der Waals surface area (Å²) in [5, 5.41) is 2.03. The molecule has 0 saturated heterocycles. The van der Waals surface area contributed by atoms with E-state index in [4.69, 9.17) is 0 Å². The van der Waals surface area contributed by atoms with E-state index in [0.717, 1.165) is 35.7 Å². The monoisotopic (exact) mass is 394 g/mol. The molecule has 0 atom stereocenters. The van der Waals surface area contributed by atoms with Gasteiger partial charge in [0.15, 0.2) is 0 Å². The molecule has 0 fully saturated rings. The molecule has 4 aromatic rings. The van der Waals surface area contributed by atoms with Gasteiger partial charge < -0.3 is 0 Å². The van der Waals surface area contributed by atoms with Gasteiger partial charge in [-0.2, -0.15) is 0 Å². The Kier molecular flexibility index (Phi) is 5.10. The maximum Gasteiger partial charge on any atom is 0.134 e. The van der Waals surface area contributed by atoms with Gasteiger partial charge in [-0.25, -0.2) is 17.6 Å². The van der Waals surface area contributed by atoms with Gasteiger partial charge in [0, 0.05) is 6.07 Å². The first-order chi connectivity index (χ1) is 13.9. The highest BCUT2D eigenvalue weighted by Crippen LogP contribution is 2.33. The largest absolute Gasteiger partial charge is 0.207 e. The molecule has 0 spiro atoms. The Balaban J connectivity index is 1.77. The van der Waals surface area contributed by atoms with E-state index < -0.39 is 28.8 Å². The third kappa shape index (κ3) is 3.88. The number of aryl methyl sites for hydroxylation is 1. The number of hydrogen-bond acceptors (Lipinski definition) is 0. The lowest BCUT2D eigenvalue weighted by Crippen LogP contribution is -1.94. The molecule has 0 aliphatic heterocycles. The fraction of sp³-hybridized carbons (Fsp3) is 0.120. The summed E-state index contributed by atoms with van der Waals surface area (Å²) in [6, 6.07) is 16.6. The normalized spacial score (nSPS) is 11.2.